The minimum absolute atomic E-state index is 0.308. The van der Waals surface area contributed by atoms with E-state index in [9.17, 15) is 0 Å². The van der Waals surface area contributed by atoms with Crippen molar-refractivity contribution in [1.82, 2.24) is 14.8 Å². The first-order chi connectivity index (χ1) is 13.5. The maximum absolute atomic E-state index is 4.55. The van der Waals surface area contributed by atoms with Crippen LogP contribution in [0.4, 0.5) is 0 Å². The van der Waals surface area contributed by atoms with Crippen LogP contribution in [0.3, 0.4) is 0 Å². The molecule has 0 aliphatic carbocycles. The second-order valence-corrected chi connectivity index (χ2v) is 9.47. The normalized spacial score (nSPS) is 11.8. The van der Waals surface area contributed by atoms with Gasteiger partial charge < -0.3 is 0 Å². The lowest BCUT2D eigenvalue weighted by Crippen LogP contribution is -2.04. The van der Waals surface area contributed by atoms with Gasteiger partial charge in [0.15, 0.2) is 11.0 Å². The summed E-state index contributed by atoms with van der Waals surface area (Å²) in [5, 5.41) is 14.9. The molecule has 144 valence electrons. The molecule has 5 heteroatoms. The van der Waals surface area contributed by atoms with Gasteiger partial charge in [-0.2, -0.15) is 0 Å². The number of hydrogen-bond acceptors (Lipinski definition) is 4. The molecule has 2 heterocycles. The number of hydrogen-bond donors (Lipinski definition) is 0. The van der Waals surface area contributed by atoms with Gasteiger partial charge in [-0.3, -0.25) is 4.57 Å². The average molecular weight is 408 g/mol. The standard InChI is InChI=1S/C23H25N3S2/c1-15(2)21-12-19(14-27-21)22-24-25-23(26(22)16(3)4)28-13-18-10-7-9-17-8-5-6-11-20(17)18/h5-12,14-16H,13H2,1-4H3. The van der Waals surface area contributed by atoms with Crippen molar-refractivity contribution < 1.29 is 0 Å². The summed E-state index contributed by atoms with van der Waals surface area (Å²) in [5.74, 6) is 2.39. The van der Waals surface area contributed by atoms with Gasteiger partial charge in [-0.25, -0.2) is 0 Å². The molecule has 0 bridgehead atoms. The van der Waals surface area contributed by atoms with E-state index < -0.39 is 0 Å². The first kappa shape index (κ1) is 19.2. The van der Waals surface area contributed by atoms with Crippen molar-refractivity contribution in [3.8, 4) is 11.4 Å². The SMILES string of the molecule is CC(C)c1cc(-c2nnc(SCc3cccc4ccccc34)n2C(C)C)cs1. The fraction of sp³-hybridized carbons (Fsp3) is 0.304. The van der Waals surface area contributed by atoms with Crippen LogP contribution in [0, 0.1) is 0 Å². The van der Waals surface area contributed by atoms with E-state index >= 15 is 0 Å². The van der Waals surface area contributed by atoms with Crippen LogP contribution >= 0.6 is 23.1 Å². The Bertz CT molecular complexity index is 1090. The maximum atomic E-state index is 4.55. The number of rotatable bonds is 6. The molecular formula is C23H25N3S2. The highest BCUT2D eigenvalue weighted by Gasteiger charge is 2.18. The monoisotopic (exact) mass is 407 g/mol. The summed E-state index contributed by atoms with van der Waals surface area (Å²) < 4.78 is 2.27. The van der Waals surface area contributed by atoms with Crippen LogP contribution in [0.25, 0.3) is 22.2 Å². The number of fused-ring (bicyclic) bond motifs is 1. The molecule has 3 nitrogen and oxygen atoms in total. The van der Waals surface area contributed by atoms with Crippen LogP contribution in [-0.4, -0.2) is 14.8 Å². The molecule has 2 aromatic heterocycles. The lowest BCUT2D eigenvalue weighted by Gasteiger charge is -2.13. The van der Waals surface area contributed by atoms with Gasteiger partial charge in [0.2, 0.25) is 0 Å². The number of thioether (sulfide) groups is 1. The van der Waals surface area contributed by atoms with Crippen molar-refractivity contribution in [1.29, 1.82) is 0 Å². The molecule has 2 aromatic carbocycles. The van der Waals surface area contributed by atoms with E-state index in [0.29, 0.717) is 12.0 Å². The van der Waals surface area contributed by atoms with Crippen molar-refractivity contribution in [2.45, 2.75) is 50.6 Å². The fourth-order valence-electron chi connectivity index (χ4n) is 3.37. The van der Waals surface area contributed by atoms with E-state index in [-0.39, 0.29) is 0 Å². The van der Waals surface area contributed by atoms with Gasteiger partial charge in [-0.15, -0.1) is 21.5 Å². The Morgan fingerprint density at radius 3 is 2.54 bits per heavy atom. The van der Waals surface area contributed by atoms with Crippen LogP contribution in [0.15, 0.2) is 59.1 Å². The summed E-state index contributed by atoms with van der Waals surface area (Å²) in [7, 11) is 0. The van der Waals surface area contributed by atoms with Crippen molar-refractivity contribution in [3.63, 3.8) is 0 Å². The molecule has 0 atom stereocenters. The van der Waals surface area contributed by atoms with Crippen LogP contribution in [0.2, 0.25) is 0 Å². The minimum Gasteiger partial charge on any atom is -0.299 e. The third-order valence-electron chi connectivity index (χ3n) is 4.86. The Morgan fingerprint density at radius 1 is 1.00 bits per heavy atom. The molecule has 0 fully saturated rings. The molecule has 0 unspecified atom stereocenters. The first-order valence-electron chi connectivity index (χ1n) is 9.67. The van der Waals surface area contributed by atoms with Gasteiger partial charge in [-0.05, 0) is 42.2 Å². The zero-order chi connectivity index (χ0) is 19.7. The second kappa shape index (κ2) is 8.10. The van der Waals surface area contributed by atoms with Gasteiger partial charge in [-0.1, -0.05) is 68.1 Å². The van der Waals surface area contributed by atoms with Crippen LogP contribution in [0.5, 0.6) is 0 Å². The Hall–Kier alpha value is -2.11. The summed E-state index contributed by atoms with van der Waals surface area (Å²) in [6.07, 6.45) is 0. The molecule has 0 radical (unpaired) electrons. The molecule has 0 saturated heterocycles. The highest BCUT2D eigenvalue weighted by molar-refractivity contribution is 7.98. The summed E-state index contributed by atoms with van der Waals surface area (Å²) in [4.78, 5) is 1.39. The smallest absolute Gasteiger partial charge is 0.192 e. The predicted molar refractivity (Wildman–Crippen MR) is 121 cm³/mol. The fourth-order valence-corrected chi connectivity index (χ4v) is 5.35. The Morgan fingerprint density at radius 2 is 1.79 bits per heavy atom. The molecule has 0 saturated carbocycles. The highest BCUT2D eigenvalue weighted by atomic mass is 32.2. The van der Waals surface area contributed by atoms with Crippen molar-refractivity contribution in [3.05, 3.63) is 64.4 Å². The van der Waals surface area contributed by atoms with Gasteiger partial charge in [0, 0.05) is 27.6 Å². The molecule has 4 rings (SSSR count). The summed E-state index contributed by atoms with van der Waals surface area (Å²) >= 11 is 3.57. The van der Waals surface area contributed by atoms with Crippen molar-refractivity contribution >= 4 is 33.9 Å². The van der Waals surface area contributed by atoms with Crippen LogP contribution in [-0.2, 0) is 5.75 Å². The molecular weight excluding hydrogens is 382 g/mol. The number of aromatic nitrogens is 3. The third kappa shape index (κ3) is 3.74. The highest BCUT2D eigenvalue weighted by Crippen LogP contribution is 2.34. The van der Waals surface area contributed by atoms with Crippen LogP contribution in [0.1, 0.15) is 50.1 Å². The molecule has 0 spiro atoms. The Kier molecular flexibility index (Phi) is 5.56. The van der Waals surface area contributed by atoms with E-state index in [4.69, 9.17) is 0 Å². The molecule has 0 amide bonds. The van der Waals surface area contributed by atoms with E-state index in [0.717, 1.165) is 16.7 Å². The van der Waals surface area contributed by atoms with E-state index in [1.807, 2.05) is 0 Å². The summed E-state index contributed by atoms with van der Waals surface area (Å²) in [6, 6.07) is 17.6. The molecule has 4 aromatic rings. The van der Waals surface area contributed by atoms with E-state index in [2.05, 4.69) is 96.4 Å². The lowest BCUT2D eigenvalue weighted by atomic mass is 10.1. The van der Waals surface area contributed by atoms with Gasteiger partial charge in [0.05, 0.1) is 0 Å². The molecule has 0 aliphatic heterocycles. The Balaban J connectivity index is 1.64. The maximum Gasteiger partial charge on any atom is 0.192 e. The van der Waals surface area contributed by atoms with E-state index in [1.54, 1.807) is 23.1 Å². The largest absolute Gasteiger partial charge is 0.299 e. The number of thiophene rings is 1. The Labute approximate surface area is 174 Å². The quantitative estimate of drug-likeness (QED) is 0.318. The van der Waals surface area contributed by atoms with Gasteiger partial charge in [0.25, 0.3) is 0 Å². The minimum atomic E-state index is 0.308. The van der Waals surface area contributed by atoms with Crippen molar-refractivity contribution in [2.24, 2.45) is 0 Å². The summed E-state index contributed by atoms with van der Waals surface area (Å²) in [6.45, 7) is 8.86. The van der Waals surface area contributed by atoms with E-state index in [1.165, 1.54) is 26.8 Å². The van der Waals surface area contributed by atoms with Gasteiger partial charge >= 0.3 is 0 Å². The zero-order valence-electron chi connectivity index (χ0n) is 16.7. The topological polar surface area (TPSA) is 30.7 Å². The lowest BCUT2D eigenvalue weighted by molar-refractivity contribution is 0.555. The second-order valence-electron chi connectivity index (χ2n) is 7.59. The molecule has 28 heavy (non-hydrogen) atoms. The molecule has 0 N–H and O–H groups in total. The predicted octanol–water partition coefficient (Wildman–Crippen LogP) is 7.16. The number of nitrogens with zero attached hydrogens (tertiary/aromatic N) is 3. The summed E-state index contributed by atoms with van der Waals surface area (Å²) in [5.41, 5.74) is 2.51. The molecule has 0 aliphatic rings. The first-order valence-corrected chi connectivity index (χ1v) is 11.5. The third-order valence-corrected chi connectivity index (χ3v) is 7.09. The van der Waals surface area contributed by atoms with Gasteiger partial charge in [0.1, 0.15) is 0 Å². The zero-order valence-corrected chi connectivity index (χ0v) is 18.3. The van der Waals surface area contributed by atoms with Crippen molar-refractivity contribution in [2.75, 3.05) is 0 Å². The van der Waals surface area contributed by atoms with Crippen LogP contribution < -0.4 is 0 Å². The average Bonchev–Trinajstić information content (AvgIpc) is 3.33. The number of benzene rings is 2.